The average molecular weight is 228 g/mol. The Kier molecular flexibility index (Phi) is 3.36. The number of rotatable bonds is 3. The monoisotopic (exact) mass is 228 g/mol. The number of sulfonamides is 1. The van der Waals surface area contributed by atoms with Crippen LogP contribution in [0.25, 0.3) is 0 Å². The van der Waals surface area contributed by atoms with Crippen molar-refractivity contribution in [3.05, 3.63) is 23.8 Å². The predicted octanol–water partition coefficient (Wildman–Crippen LogP) is 1.29. The molecule has 0 bridgehead atoms. The molecule has 0 aliphatic heterocycles. The van der Waals surface area contributed by atoms with E-state index in [1.54, 1.807) is 26.1 Å². The van der Waals surface area contributed by atoms with E-state index in [9.17, 15) is 8.42 Å². The third kappa shape index (κ3) is 2.30. The SMILES string of the molecule is CNc1ccc(C)c(S(=O)(=O)N(C)C)c1. The third-order valence-electron chi connectivity index (χ3n) is 2.24. The molecule has 1 N–H and O–H groups in total. The summed E-state index contributed by atoms with van der Waals surface area (Å²) in [5.74, 6) is 0. The first-order valence-electron chi connectivity index (χ1n) is 4.60. The second-order valence-corrected chi connectivity index (χ2v) is 5.64. The van der Waals surface area contributed by atoms with Gasteiger partial charge in [0.1, 0.15) is 0 Å². The molecule has 0 aliphatic rings. The quantitative estimate of drug-likeness (QED) is 0.848. The fourth-order valence-electron chi connectivity index (χ4n) is 1.23. The maximum Gasteiger partial charge on any atom is 0.242 e. The first-order chi connectivity index (χ1) is 6.89. The number of benzene rings is 1. The van der Waals surface area contributed by atoms with Crippen molar-refractivity contribution in [2.75, 3.05) is 26.5 Å². The Morgan fingerprint density at radius 3 is 2.33 bits per heavy atom. The molecule has 0 radical (unpaired) electrons. The number of aryl methyl sites for hydroxylation is 1. The molecule has 0 atom stereocenters. The first kappa shape index (κ1) is 12.0. The van der Waals surface area contributed by atoms with Crippen molar-refractivity contribution < 1.29 is 8.42 Å². The van der Waals surface area contributed by atoms with Gasteiger partial charge in [0.05, 0.1) is 4.90 Å². The van der Waals surface area contributed by atoms with Crippen LogP contribution in [0, 0.1) is 6.92 Å². The Labute approximate surface area is 91.0 Å². The zero-order chi connectivity index (χ0) is 11.6. The summed E-state index contributed by atoms with van der Waals surface area (Å²) in [7, 11) is 1.47. The van der Waals surface area contributed by atoms with E-state index < -0.39 is 10.0 Å². The van der Waals surface area contributed by atoms with Gasteiger partial charge in [0, 0.05) is 26.8 Å². The summed E-state index contributed by atoms with van der Waals surface area (Å²) in [5, 5.41) is 2.92. The van der Waals surface area contributed by atoms with Crippen LogP contribution < -0.4 is 5.32 Å². The zero-order valence-electron chi connectivity index (χ0n) is 9.40. The van der Waals surface area contributed by atoms with E-state index in [-0.39, 0.29) is 0 Å². The molecular weight excluding hydrogens is 212 g/mol. The van der Waals surface area contributed by atoms with Gasteiger partial charge >= 0.3 is 0 Å². The van der Waals surface area contributed by atoms with Crippen LogP contribution in [0.5, 0.6) is 0 Å². The Bertz CT molecular complexity index is 452. The van der Waals surface area contributed by atoms with Gasteiger partial charge in [0.25, 0.3) is 0 Å². The van der Waals surface area contributed by atoms with E-state index >= 15 is 0 Å². The zero-order valence-corrected chi connectivity index (χ0v) is 10.2. The number of hydrogen-bond donors (Lipinski definition) is 1. The van der Waals surface area contributed by atoms with E-state index in [4.69, 9.17) is 0 Å². The van der Waals surface area contributed by atoms with E-state index in [0.717, 1.165) is 11.3 Å². The van der Waals surface area contributed by atoms with Gasteiger partial charge < -0.3 is 5.32 Å². The van der Waals surface area contributed by atoms with Gasteiger partial charge in [-0.05, 0) is 24.6 Å². The van der Waals surface area contributed by atoms with Crippen LogP contribution in [0.2, 0.25) is 0 Å². The van der Waals surface area contributed by atoms with E-state index in [2.05, 4.69) is 5.32 Å². The summed E-state index contributed by atoms with van der Waals surface area (Å²) in [5.41, 5.74) is 1.55. The van der Waals surface area contributed by atoms with Gasteiger partial charge in [0.2, 0.25) is 10.0 Å². The molecule has 0 aliphatic carbocycles. The Morgan fingerprint density at radius 2 is 1.87 bits per heavy atom. The van der Waals surface area contributed by atoms with Gasteiger partial charge in [-0.15, -0.1) is 0 Å². The van der Waals surface area contributed by atoms with Gasteiger partial charge in [-0.1, -0.05) is 6.07 Å². The lowest BCUT2D eigenvalue weighted by molar-refractivity contribution is 0.520. The average Bonchev–Trinajstić information content (AvgIpc) is 2.18. The minimum atomic E-state index is -3.35. The third-order valence-corrected chi connectivity index (χ3v) is 4.19. The molecule has 84 valence electrons. The van der Waals surface area contributed by atoms with E-state index in [1.807, 2.05) is 6.07 Å². The van der Waals surface area contributed by atoms with Crippen LogP contribution in [0.4, 0.5) is 5.69 Å². The highest BCUT2D eigenvalue weighted by Gasteiger charge is 2.19. The molecule has 0 amide bonds. The summed E-state index contributed by atoms with van der Waals surface area (Å²) in [4.78, 5) is 0.347. The Morgan fingerprint density at radius 1 is 1.27 bits per heavy atom. The van der Waals surface area contributed by atoms with Crippen LogP contribution in [-0.2, 0) is 10.0 Å². The number of nitrogens with one attached hydrogen (secondary N) is 1. The highest BCUT2D eigenvalue weighted by Crippen LogP contribution is 2.21. The molecule has 4 nitrogen and oxygen atoms in total. The lowest BCUT2D eigenvalue weighted by Gasteiger charge is -2.14. The fraction of sp³-hybridized carbons (Fsp3) is 0.400. The molecule has 1 rings (SSSR count). The molecule has 0 unspecified atom stereocenters. The van der Waals surface area contributed by atoms with Crippen molar-refractivity contribution >= 4 is 15.7 Å². The van der Waals surface area contributed by atoms with Gasteiger partial charge in [-0.25, -0.2) is 12.7 Å². The van der Waals surface area contributed by atoms with Gasteiger partial charge in [-0.3, -0.25) is 0 Å². The Hall–Kier alpha value is -1.07. The van der Waals surface area contributed by atoms with Crippen molar-refractivity contribution in [2.45, 2.75) is 11.8 Å². The highest BCUT2D eigenvalue weighted by atomic mass is 32.2. The lowest BCUT2D eigenvalue weighted by atomic mass is 10.2. The molecule has 15 heavy (non-hydrogen) atoms. The summed E-state index contributed by atoms with van der Waals surface area (Å²) >= 11 is 0. The van der Waals surface area contributed by atoms with Crippen molar-refractivity contribution in [3.63, 3.8) is 0 Å². The fourth-order valence-corrected chi connectivity index (χ4v) is 2.37. The van der Waals surface area contributed by atoms with Gasteiger partial charge in [-0.2, -0.15) is 0 Å². The van der Waals surface area contributed by atoms with Crippen LogP contribution >= 0.6 is 0 Å². The van der Waals surface area contributed by atoms with Crippen molar-refractivity contribution in [1.82, 2.24) is 4.31 Å². The molecule has 1 aromatic rings. The van der Waals surface area contributed by atoms with Gasteiger partial charge in [0.15, 0.2) is 0 Å². The minimum Gasteiger partial charge on any atom is -0.388 e. The van der Waals surface area contributed by atoms with Crippen LogP contribution in [0.15, 0.2) is 23.1 Å². The first-order valence-corrected chi connectivity index (χ1v) is 6.04. The Balaban J connectivity index is 3.37. The number of hydrogen-bond acceptors (Lipinski definition) is 3. The van der Waals surface area contributed by atoms with Crippen molar-refractivity contribution in [1.29, 1.82) is 0 Å². The second-order valence-electron chi connectivity index (χ2n) is 3.52. The molecule has 0 spiro atoms. The van der Waals surface area contributed by atoms with Crippen molar-refractivity contribution in [2.24, 2.45) is 0 Å². The van der Waals surface area contributed by atoms with Crippen LogP contribution in [-0.4, -0.2) is 33.9 Å². The van der Waals surface area contributed by atoms with Crippen molar-refractivity contribution in [3.8, 4) is 0 Å². The largest absolute Gasteiger partial charge is 0.388 e. The summed E-state index contributed by atoms with van der Waals surface area (Å²) in [6.45, 7) is 1.79. The molecule has 0 saturated carbocycles. The summed E-state index contributed by atoms with van der Waals surface area (Å²) in [6.07, 6.45) is 0. The van der Waals surface area contributed by atoms with Crippen LogP contribution in [0.3, 0.4) is 0 Å². The standard InChI is InChI=1S/C10H16N2O2S/c1-8-5-6-9(11-2)7-10(8)15(13,14)12(3)4/h5-7,11H,1-4H3. The highest BCUT2D eigenvalue weighted by molar-refractivity contribution is 7.89. The predicted molar refractivity (Wildman–Crippen MR) is 61.6 cm³/mol. The lowest BCUT2D eigenvalue weighted by Crippen LogP contribution is -2.23. The smallest absolute Gasteiger partial charge is 0.242 e. The molecule has 0 heterocycles. The number of nitrogens with zero attached hydrogens (tertiary/aromatic N) is 1. The molecule has 0 fully saturated rings. The molecule has 0 aromatic heterocycles. The van der Waals surface area contributed by atoms with E-state index in [0.29, 0.717) is 4.90 Å². The maximum atomic E-state index is 11.9. The summed E-state index contributed by atoms with van der Waals surface area (Å²) < 4.78 is 25.1. The molecule has 5 heteroatoms. The maximum absolute atomic E-state index is 11.9. The van der Waals surface area contributed by atoms with Crippen LogP contribution in [0.1, 0.15) is 5.56 Å². The minimum absolute atomic E-state index is 0.347. The second kappa shape index (κ2) is 4.20. The number of anilines is 1. The van der Waals surface area contributed by atoms with E-state index in [1.165, 1.54) is 18.4 Å². The molecule has 1 aromatic carbocycles. The molecular formula is C10H16N2O2S. The summed E-state index contributed by atoms with van der Waals surface area (Å²) in [6, 6.07) is 5.29. The topological polar surface area (TPSA) is 49.4 Å². The molecule has 0 saturated heterocycles. The normalized spacial score (nSPS) is 11.8.